The molecule has 0 saturated heterocycles. The van der Waals surface area contributed by atoms with Crippen LogP contribution in [0.4, 0.5) is 5.82 Å². The van der Waals surface area contributed by atoms with Gasteiger partial charge in [-0.05, 0) is 40.9 Å². The van der Waals surface area contributed by atoms with E-state index in [0.29, 0.717) is 23.1 Å². The van der Waals surface area contributed by atoms with E-state index in [2.05, 4.69) is 39.7 Å². The topological polar surface area (TPSA) is 70.3 Å². The van der Waals surface area contributed by atoms with Crippen LogP contribution in [0.2, 0.25) is 0 Å². The summed E-state index contributed by atoms with van der Waals surface area (Å²) in [4.78, 5) is 8.22. The Morgan fingerprint density at radius 2 is 1.90 bits per heavy atom. The SMILES string of the molecule is COc1cc(C(C)C)c(Oc2cnc(C)nc2N)cc1Br. The Balaban J connectivity index is 2.45. The van der Waals surface area contributed by atoms with Crippen molar-refractivity contribution in [1.29, 1.82) is 0 Å². The van der Waals surface area contributed by atoms with Crippen LogP contribution < -0.4 is 15.2 Å². The van der Waals surface area contributed by atoms with E-state index in [0.717, 1.165) is 15.8 Å². The fraction of sp³-hybridized carbons (Fsp3) is 0.333. The summed E-state index contributed by atoms with van der Waals surface area (Å²) in [6.07, 6.45) is 1.58. The minimum Gasteiger partial charge on any atom is -0.496 e. The van der Waals surface area contributed by atoms with E-state index in [1.807, 2.05) is 12.1 Å². The first-order valence-corrected chi connectivity index (χ1v) is 7.36. The lowest BCUT2D eigenvalue weighted by Crippen LogP contribution is -2.01. The van der Waals surface area contributed by atoms with Gasteiger partial charge in [-0.1, -0.05) is 13.8 Å². The molecule has 1 heterocycles. The average molecular weight is 352 g/mol. The highest BCUT2D eigenvalue weighted by molar-refractivity contribution is 9.10. The molecule has 0 aliphatic rings. The Labute approximate surface area is 132 Å². The second-order valence-corrected chi connectivity index (χ2v) is 5.80. The number of methoxy groups -OCH3 is 1. The minimum absolute atomic E-state index is 0.273. The van der Waals surface area contributed by atoms with Crippen LogP contribution in [-0.4, -0.2) is 17.1 Å². The van der Waals surface area contributed by atoms with Crippen LogP contribution in [-0.2, 0) is 0 Å². The fourth-order valence-electron chi connectivity index (χ4n) is 1.92. The van der Waals surface area contributed by atoms with Crippen molar-refractivity contribution < 1.29 is 9.47 Å². The zero-order valence-electron chi connectivity index (χ0n) is 12.5. The Bertz CT molecular complexity index is 660. The van der Waals surface area contributed by atoms with Gasteiger partial charge in [0.15, 0.2) is 11.6 Å². The zero-order chi connectivity index (χ0) is 15.6. The number of hydrogen-bond acceptors (Lipinski definition) is 5. The summed E-state index contributed by atoms with van der Waals surface area (Å²) < 4.78 is 12.0. The smallest absolute Gasteiger partial charge is 0.187 e. The Morgan fingerprint density at radius 3 is 2.48 bits per heavy atom. The molecule has 0 fully saturated rings. The summed E-state index contributed by atoms with van der Waals surface area (Å²) >= 11 is 3.47. The lowest BCUT2D eigenvalue weighted by Gasteiger charge is -2.16. The number of nitrogen functional groups attached to an aromatic ring is 1. The molecular formula is C15H18BrN3O2. The number of ether oxygens (including phenoxy) is 2. The third-order valence-electron chi connectivity index (χ3n) is 3.03. The highest BCUT2D eigenvalue weighted by Crippen LogP contribution is 2.39. The van der Waals surface area contributed by atoms with Crippen LogP contribution >= 0.6 is 15.9 Å². The van der Waals surface area contributed by atoms with Crippen LogP contribution in [0.25, 0.3) is 0 Å². The number of benzene rings is 1. The van der Waals surface area contributed by atoms with Crippen molar-refractivity contribution >= 4 is 21.7 Å². The zero-order valence-corrected chi connectivity index (χ0v) is 14.1. The molecule has 0 radical (unpaired) electrons. The average Bonchev–Trinajstić information content (AvgIpc) is 2.41. The molecule has 2 aromatic rings. The first kappa shape index (κ1) is 15.6. The van der Waals surface area contributed by atoms with Crippen molar-refractivity contribution in [2.75, 3.05) is 12.8 Å². The predicted molar refractivity (Wildman–Crippen MR) is 86.0 cm³/mol. The third kappa shape index (κ3) is 3.44. The van der Waals surface area contributed by atoms with E-state index in [1.165, 1.54) is 0 Å². The maximum Gasteiger partial charge on any atom is 0.187 e. The molecule has 1 aromatic heterocycles. The third-order valence-corrected chi connectivity index (χ3v) is 3.65. The second kappa shape index (κ2) is 6.30. The molecule has 0 amide bonds. The molecule has 2 N–H and O–H groups in total. The van der Waals surface area contributed by atoms with Gasteiger partial charge in [0.2, 0.25) is 0 Å². The van der Waals surface area contributed by atoms with Crippen LogP contribution in [0.5, 0.6) is 17.2 Å². The fourth-order valence-corrected chi connectivity index (χ4v) is 2.40. The normalized spacial score (nSPS) is 10.8. The Hall–Kier alpha value is -1.82. The van der Waals surface area contributed by atoms with Crippen molar-refractivity contribution in [2.45, 2.75) is 26.7 Å². The van der Waals surface area contributed by atoms with Gasteiger partial charge < -0.3 is 15.2 Å². The van der Waals surface area contributed by atoms with Crippen molar-refractivity contribution in [3.05, 3.63) is 34.2 Å². The first-order chi connectivity index (χ1) is 9.92. The minimum atomic E-state index is 0.273. The number of aryl methyl sites for hydroxylation is 1. The summed E-state index contributed by atoms with van der Waals surface area (Å²) in [7, 11) is 1.64. The number of anilines is 1. The van der Waals surface area contributed by atoms with Gasteiger partial charge in [-0.2, -0.15) is 0 Å². The van der Waals surface area contributed by atoms with Gasteiger partial charge in [0, 0.05) is 5.56 Å². The van der Waals surface area contributed by atoms with E-state index in [-0.39, 0.29) is 5.92 Å². The molecule has 0 saturated carbocycles. The number of rotatable bonds is 4. The van der Waals surface area contributed by atoms with E-state index in [4.69, 9.17) is 15.2 Å². The molecule has 0 unspecified atom stereocenters. The quantitative estimate of drug-likeness (QED) is 0.899. The van der Waals surface area contributed by atoms with Crippen LogP contribution in [0.15, 0.2) is 22.8 Å². The van der Waals surface area contributed by atoms with Crippen LogP contribution in [0, 0.1) is 6.92 Å². The van der Waals surface area contributed by atoms with Gasteiger partial charge in [-0.3, -0.25) is 0 Å². The molecule has 0 aliphatic heterocycles. The van der Waals surface area contributed by atoms with Gasteiger partial charge in [-0.15, -0.1) is 0 Å². The molecular weight excluding hydrogens is 334 g/mol. The van der Waals surface area contributed by atoms with Gasteiger partial charge >= 0.3 is 0 Å². The van der Waals surface area contributed by atoms with Gasteiger partial charge in [0.1, 0.15) is 17.3 Å². The molecule has 0 bridgehead atoms. The second-order valence-electron chi connectivity index (χ2n) is 4.95. The Kier molecular flexibility index (Phi) is 4.67. The summed E-state index contributed by atoms with van der Waals surface area (Å²) in [6.45, 7) is 5.96. The summed E-state index contributed by atoms with van der Waals surface area (Å²) in [6, 6.07) is 3.82. The van der Waals surface area contributed by atoms with Crippen molar-refractivity contribution in [2.24, 2.45) is 0 Å². The van der Waals surface area contributed by atoms with E-state index in [9.17, 15) is 0 Å². The van der Waals surface area contributed by atoms with Gasteiger partial charge in [0.05, 0.1) is 17.8 Å². The monoisotopic (exact) mass is 351 g/mol. The number of halogens is 1. The number of nitrogens with zero attached hydrogens (tertiary/aromatic N) is 2. The lowest BCUT2D eigenvalue weighted by atomic mass is 10.0. The lowest BCUT2D eigenvalue weighted by molar-refractivity contribution is 0.408. The molecule has 0 spiro atoms. The molecule has 6 heteroatoms. The molecule has 112 valence electrons. The maximum absolute atomic E-state index is 5.90. The largest absolute Gasteiger partial charge is 0.496 e. The summed E-state index contributed by atoms with van der Waals surface area (Å²) in [5.74, 6) is 3.12. The van der Waals surface area contributed by atoms with Crippen molar-refractivity contribution in [3.8, 4) is 17.2 Å². The Morgan fingerprint density at radius 1 is 1.19 bits per heavy atom. The van der Waals surface area contributed by atoms with Gasteiger partial charge in [-0.25, -0.2) is 9.97 Å². The summed E-state index contributed by atoms with van der Waals surface area (Å²) in [5, 5.41) is 0. The van der Waals surface area contributed by atoms with Crippen LogP contribution in [0.3, 0.4) is 0 Å². The van der Waals surface area contributed by atoms with E-state index < -0.39 is 0 Å². The molecule has 21 heavy (non-hydrogen) atoms. The highest BCUT2D eigenvalue weighted by Gasteiger charge is 2.15. The van der Waals surface area contributed by atoms with Crippen molar-refractivity contribution in [3.63, 3.8) is 0 Å². The summed E-state index contributed by atoms with van der Waals surface area (Å²) in [5.41, 5.74) is 6.90. The van der Waals surface area contributed by atoms with Gasteiger partial charge in [0.25, 0.3) is 0 Å². The molecule has 5 nitrogen and oxygen atoms in total. The first-order valence-electron chi connectivity index (χ1n) is 6.56. The maximum atomic E-state index is 5.90. The van der Waals surface area contributed by atoms with E-state index >= 15 is 0 Å². The molecule has 0 aliphatic carbocycles. The standard InChI is InChI=1S/C15H18BrN3O2/c1-8(2)10-5-13(20-4)11(16)6-12(10)21-14-7-18-9(3)19-15(14)17/h5-8H,1-4H3,(H2,17,18,19). The molecule has 2 rings (SSSR count). The van der Waals surface area contributed by atoms with E-state index in [1.54, 1.807) is 20.2 Å². The highest BCUT2D eigenvalue weighted by atomic mass is 79.9. The molecule has 1 aromatic carbocycles. The number of hydrogen-bond donors (Lipinski definition) is 1. The number of nitrogens with two attached hydrogens (primary N) is 1. The molecule has 0 atom stereocenters. The number of aromatic nitrogens is 2. The van der Waals surface area contributed by atoms with Crippen LogP contribution in [0.1, 0.15) is 31.2 Å². The van der Waals surface area contributed by atoms with Crippen molar-refractivity contribution in [1.82, 2.24) is 9.97 Å². The predicted octanol–water partition coefficient (Wildman–Crippen LogP) is 4.05.